The third kappa shape index (κ3) is 2.06. The molecule has 0 saturated heterocycles. The van der Waals surface area contributed by atoms with Gasteiger partial charge in [-0.25, -0.2) is 0 Å². The number of rotatable bonds is 4. The Kier molecular flexibility index (Phi) is 3.22. The van der Waals surface area contributed by atoms with Crippen LogP contribution in [-0.2, 0) is 6.61 Å². The highest BCUT2D eigenvalue weighted by molar-refractivity contribution is 5.67. The zero-order valence-corrected chi connectivity index (χ0v) is 9.10. The lowest BCUT2D eigenvalue weighted by atomic mass is 10.1. The van der Waals surface area contributed by atoms with Crippen molar-refractivity contribution in [2.75, 3.05) is 6.61 Å². The summed E-state index contributed by atoms with van der Waals surface area (Å²) in [6, 6.07) is 9.53. The molecule has 16 heavy (non-hydrogen) atoms. The number of hydrogen-bond acceptors (Lipinski definition) is 3. The minimum Gasteiger partial charge on any atom is -0.493 e. The zero-order valence-electron chi connectivity index (χ0n) is 9.10. The van der Waals surface area contributed by atoms with E-state index in [0.29, 0.717) is 12.3 Å². The molecule has 2 aromatic rings. The van der Waals surface area contributed by atoms with Crippen molar-refractivity contribution in [2.24, 2.45) is 0 Å². The molecule has 2 N–H and O–H groups in total. The minimum atomic E-state index is -0.0379. The van der Waals surface area contributed by atoms with Crippen LogP contribution in [0.1, 0.15) is 12.6 Å². The molecular formula is C12H14N2O2. The van der Waals surface area contributed by atoms with E-state index in [9.17, 15) is 0 Å². The Morgan fingerprint density at radius 3 is 2.88 bits per heavy atom. The van der Waals surface area contributed by atoms with E-state index in [-0.39, 0.29) is 6.61 Å². The Morgan fingerprint density at radius 1 is 1.38 bits per heavy atom. The van der Waals surface area contributed by atoms with Gasteiger partial charge in [0.25, 0.3) is 0 Å². The van der Waals surface area contributed by atoms with Gasteiger partial charge < -0.3 is 9.84 Å². The number of benzene rings is 1. The van der Waals surface area contributed by atoms with Gasteiger partial charge >= 0.3 is 0 Å². The monoisotopic (exact) mass is 218 g/mol. The third-order valence-electron chi connectivity index (χ3n) is 2.26. The lowest BCUT2D eigenvalue weighted by molar-refractivity contribution is 0.276. The lowest BCUT2D eigenvalue weighted by Gasteiger charge is -2.07. The van der Waals surface area contributed by atoms with Crippen LogP contribution in [0.15, 0.2) is 30.3 Å². The SMILES string of the molecule is CCOc1ccccc1-c1cc(CO)[nH]n1. The van der Waals surface area contributed by atoms with Crippen molar-refractivity contribution in [3.8, 4) is 17.0 Å². The van der Waals surface area contributed by atoms with Crippen molar-refractivity contribution in [1.29, 1.82) is 0 Å². The normalized spacial score (nSPS) is 10.4. The predicted molar refractivity (Wildman–Crippen MR) is 61.1 cm³/mol. The summed E-state index contributed by atoms with van der Waals surface area (Å²) < 4.78 is 5.52. The van der Waals surface area contributed by atoms with Crippen molar-refractivity contribution >= 4 is 0 Å². The fourth-order valence-electron chi connectivity index (χ4n) is 1.54. The summed E-state index contributed by atoms with van der Waals surface area (Å²) in [5.41, 5.74) is 2.41. The molecule has 0 unspecified atom stereocenters. The highest BCUT2D eigenvalue weighted by Crippen LogP contribution is 2.28. The quantitative estimate of drug-likeness (QED) is 0.824. The number of H-pyrrole nitrogens is 1. The summed E-state index contributed by atoms with van der Waals surface area (Å²) in [5, 5.41) is 15.9. The van der Waals surface area contributed by atoms with Gasteiger partial charge in [-0.15, -0.1) is 0 Å². The van der Waals surface area contributed by atoms with E-state index in [1.807, 2.05) is 37.3 Å². The molecule has 1 aromatic heterocycles. The Balaban J connectivity index is 2.38. The van der Waals surface area contributed by atoms with Crippen LogP contribution in [0.25, 0.3) is 11.3 Å². The molecule has 0 amide bonds. The van der Waals surface area contributed by atoms with Crippen LogP contribution in [0.2, 0.25) is 0 Å². The third-order valence-corrected chi connectivity index (χ3v) is 2.26. The zero-order chi connectivity index (χ0) is 11.4. The Labute approximate surface area is 93.9 Å². The number of ether oxygens (including phenoxy) is 1. The number of aliphatic hydroxyl groups is 1. The molecule has 0 saturated carbocycles. The van der Waals surface area contributed by atoms with Gasteiger partial charge in [-0.1, -0.05) is 12.1 Å². The molecule has 0 atom stereocenters. The molecule has 1 heterocycles. The molecule has 4 nitrogen and oxygen atoms in total. The molecule has 2 rings (SSSR count). The summed E-state index contributed by atoms with van der Waals surface area (Å²) in [4.78, 5) is 0. The van der Waals surface area contributed by atoms with Crippen LogP contribution in [0.4, 0.5) is 0 Å². The maximum atomic E-state index is 8.97. The molecule has 84 valence electrons. The van der Waals surface area contributed by atoms with Gasteiger partial charge in [0, 0.05) is 5.56 Å². The average Bonchev–Trinajstić information content (AvgIpc) is 2.79. The first kappa shape index (κ1) is 10.7. The topological polar surface area (TPSA) is 58.1 Å². The molecule has 1 aromatic carbocycles. The van der Waals surface area contributed by atoms with Crippen LogP contribution < -0.4 is 4.74 Å². The van der Waals surface area contributed by atoms with E-state index in [2.05, 4.69) is 10.2 Å². The second kappa shape index (κ2) is 4.81. The van der Waals surface area contributed by atoms with Gasteiger partial charge in [-0.05, 0) is 25.1 Å². The Morgan fingerprint density at radius 2 is 2.19 bits per heavy atom. The second-order valence-electron chi connectivity index (χ2n) is 3.37. The van der Waals surface area contributed by atoms with Gasteiger partial charge in [0.2, 0.25) is 0 Å². The van der Waals surface area contributed by atoms with E-state index in [0.717, 1.165) is 17.0 Å². The first-order valence-corrected chi connectivity index (χ1v) is 5.22. The average molecular weight is 218 g/mol. The van der Waals surface area contributed by atoms with Crippen molar-refractivity contribution in [3.05, 3.63) is 36.0 Å². The standard InChI is InChI=1S/C12H14N2O2/c1-2-16-12-6-4-3-5-10(12)11-7-9(8-15)13-14-11/h3-7,15H,2,8H2,1H3,(H,13,14). The van der Waals surface area contributed by atoms with Crippen molar-refractivity contribution < 1.29 is 9.84 Å². The molecule has 0 fully saturated rings. The smallest absolute Gasteiger partial charge is 0.128 e. The van der Waals surface area contributed by atoms with Gasteiger partial charge in [-0.2, -0.15) is 5.10 Å². The van der Waals surface area contributed by atoms with Gasteiger partial charge in [0.05, 0.1) is 24.6 Å². The predicted octanol–water partition coefficient (Wildman–Crippen LogP) is 1.97. The molecule has 0 spiro atoms. The number of nitrogens with one attached hydrogen (secondary N) is 1. The number of para-hydroxylation sites is 1. The van der Waals surface area contributed by atoms with Crippen LogP contribution in [-0.4, -0.2) is 21.9 Å². The fourth-order valence-corrected chi connectivity index (χ4v) is 1.54. The maximum absolute atomic E-state index is 8.97. The van der Waals surface area contributed by atoms with Crippen molar-refractivity contribution in [1.82, 2.24) is 10.2 Å². The van der Waals surface area contributed by atoms with Gasteiger partial charge in [0.15, 0.2) is 0 Å². The number of aromatic nitrogens is 2. The summed E-state index contributed by atoms with van der Waals surface area (Å²) in [5.74, 6) is 0.806. The number of aromatic amines is 1. The largest absolute Gasteiger partial charge is 0.493 e. The number of nitrogens with zero attached hydrogens (tertiary/aromatic N) is 1. The van der Waals surface area contributed by atoms with Crippen LogP contribution >= 0.6 is 0 Å². The Hall–Kier alpha value is -1.81. The summed E-state index contributed by atoms with van der Waals surface area (Å²) in [7, 11) is 0. The highest BCUT2D eigenvalue weighted by atomic mass is 16.5. The summed E-state index contributed by atoms with van der Waals surface area (Å²) in [6.45, 7) is 2.53. The van der Waals surface area contributed by atoms with Gasteiger partial charge in [-0.3, -0.25) is 5.10 Å². The molecule has 0 radical (unpaired) electrons. The van der Waals surface area contributed by atoms with Crippen LogP contribution in [0, 0.1) is 0 Å². The van der Waals surface area contributed by atoms with E-state index < -0.39 is 0 Å². The summed E-state index contributed by atoms with van der Waals surface area (Å²) >= 11 is 0. The fraction of sp³-hybridized carbons (Fsp3) is 0.250. The second-order valence-corrected chi connectivity index (χ2v) is 3.37. The first-order chi connectivity index (χ1) is 7.85. The first-order valence-electron chi connectivity index (χ1n) is 5.22. The molecule has 0 aliphatic heterocycles. The van der Waals surface area contributed by atoms with Crippen molar-refractivity contribution in [2.45, 2.75) is 13.5 Å². The molecule has 0 bridgehead atoms. The van der Waals surface area contributed by atoms with Gasteiger partial charge in [0.1, 0.15) is 5.75 Å². The van der Waals surface area contributed by atoms with E-state index >= 15 is 0 Å². The van der Waals surface area contributed by atoms with E-state index in [4.69, 9.17) is 9.84 Å². The highest BCUT2D eigenvalue weighted by Gasteiger charge is 2.08. The Bertz CT molecular complexity index is 466. The summed E-state index contributed by atoms with van der Waals surface area (Å²) in [6.07, 6.45) is 0. The molecular weight excluding hydrogens is 204 g/mol. The van der Waals surface area contributed by atoms with E-state index in [1.165, 1.54) is 0 Å². The number of aliphatic hydroxyl groups excluding tert-OH is 1. The minimum absolute atomic E-state index is 0.0379. The lowest BCUT2D eigenvalue weighted by Crippen LogP contribution is -1.93. The molecule has 4 heteroatoms. The molecule has 0 aliphatic carbocycles. The van der Waals surface area contributed by atoms with Crippen LogP contribution in [0.3, 0.4) is 0 Å². The number of hydrogen-bond donors (Lipinski definition) is 2. The van der Waals surface area contributed by atoms with Crippen LogP contribution in [0.5, 0.6) is 5.75 Å². The van der Waals surface area contributed by atoms with E-state index in [1.54, 1.807) is 0 Å². The maximum Gasteiger partial charge on any atom is 0.128 e. The molecule has 0 aliphatic rings. The van der Waals surface area contributed by atoms with Crippen molar-refractivity contribution in [3.63, 3.8) is 0 Å².